The molecule has 0 atom stereocenters. The van der Waals surface area contributed by atoms with Gasteiger partial charge in [0.2, 0.25) is 0 Å². The van der Waals surface area contributed by atoms with Crippen molar-refractivity contribution < 1.29 is 50.5 Å². The summed E-state index contributed by atoms with van der Waals surface area (Å²) in [6.45, 7) is 24.4. The van der Waals surface area contributed by atoms with Gasteiger partial charge < -0.3 is 19.1 Å². The van der Waals surface area contributed by atoms with E-state index in [1.54, 1.807) is 29.4 Å². The van der Waals surface area contributed by atoms with E-state index in [0.29, 0.717) is 73.3 Å². The number of hydrogen-bond donors (Lipinski definition) is 0. The number of ether oxygens (including phenoxy) is 1. The SMILES string of the molecule is [2H]c1c([2H])c([2H])c(-c2cnc(-n3c4[c-]c(Oc5[c-]c(N6[CH-]N(c7c(-c8c([2H])c([2H])c(-c9c([2H])c(C(C)(C)C)c([2H])c(C(C)(C)C)c9[2H])c([2H])c8[2H])cc(C(C)(C)C)cc7-c7c([2H])c([2H])c8c(c7[2H])C(C)(C)CCC8(C)C)c7ccccc76)ccc5)ccc4c4ccccc43)cc2C([2H])([2H])[2H])c([2H])c1[2H].[Pt]. The van der Waals surface area contributed by atoms with Gasteiger partial charge in [0.1, 0.15) is 5.82 Å². The minimum Gasteiger partial charge on any atom is -0.509 e. The Balaban J connectivity index is 0.0000104. The van der Waals surface area contributed by atoms with E-state index in [1.807, 2.05) is 145 Å². The number of aryl methyl sites for hydroxylation is 1. The van der Waals surface area contributed by atoms with E-state index >= 15 is 0 Å². The van der Waals surface area contributed by atoms with Crippen LogP contribution in [-0.4, -0.2) is 9.55 Å². The molecule has 0 bridgehead atoms. The van der Waals surface area contributed by atoms with Gasteiger partial charge in [-0.3, -0.25) is 0 Å². The van der Waals surface area contributed by atoms with Gasteiger partial charge in [0, 0.05) is 82.1 Å². The van der Waals surface area contributed by atoms with Crippen LogP contribution in [0.2, 0.25) is 0 Å². The van der Waals surface area contributed by atoms with Crippen molar-refractivity contribution >= 4 is 44.6 Å². The maximum Gasteiger partial charge on any atom is 0.135 e. The summed E-state index contributed by atoms with van der Waals surface area (Å²) in [7, 11) is 0. The summed E-state index contributed by atoms with van der Waals surface area (Å²) in [4.78, 5) is 8.46. The summed E-state index contributed by atoms with van der Waals surface area (Å²) < 4.78 is 177. The van der Waals surface area contributed by atoms with Crippen LogP contribution >= 0.6 is 0 Å². The fourth-order valence-electron chi connectivity index (χ4n) is 11.6. The second kappa shape index (κ2) is 22.0. The quantitative estimate of drug-likeness (QED) is 0.135. The zero-order valence-electron chi connectivity index (χ0n) is 69.3. The van der Waals surface area contributed by atoms with Crippen LogP contribution in [0.4, 0.5) is 22.7 Å². The molecule has 0 saturated carbocycles. The van der Waals surface area contributed by atoms with E-state index in [9.17, 15) is 13.7 Å². The molecule has 6 heteroatoms. The van der Waals surface area contributed by atoms with Crippen LogP contribution in [0.15, 0.2) is 194 Å². The third-order valence-corrected chi connectivity index (χ3v) is 16.7. The summed E-state index contributed by atoms with van der Waals surface area (Å²) in [6.07, 6.45) is 2.64. The van der Waals surface area contributed by atoms with Gasteiger partial charge >= 0.3 is 0 Å². The molecule has 9 aromatic carbocycles. The van der Waals surface area contributed by atoms with Crippen molar-refractivity contribution in [2.75, 3.05) is 9.80 Å². The Labute approximate surface area is 556 Å². The molecule has 2 aliphatic rings. The van der Waals surface area contributed by atoms with Crippen LogP contribution in [0.25, 0.3) is 72.1 Å². The van der Waals surface area contributed by atoms with Gasteiger partial charge in [0.05, 0.1) is 20.6 Å². The van der Waals surface area contributed by atoms with Crippen molar-refractivity contribution in [3.05, 3.63) is 246 Å². The molecule has 0 saturated heterocycles. The summed E-state index contributed by atoms with van der Waals surface area (Å²) in [5.74, 6) is 0.613. The van der Waals surface area contributed by atoms with Crippen LogP contribution in [0, 0.1) is 25.7 Å². The number of pyridine rings is 1. The maximum atomic E-state index is 10.5. The molecule has 1 aliphatic heterocycles. The van der Waals surface area contributed by atoms with E-state index < -0.39 is 88.3 Å². The molecular formula is C81H79N4OPt-3. The predicted octanol–water partition coefficient (Wildman–Crippen LogP) is 22.2. The predicted molar refractivity (Wildman–Crippen MR) is 362 cm³/mol. The van der Waals surface area contributed by atoms with Gasteiger partial charge in [-0.05, 0) is 150 Å². The number of anilines is 4. The first-order valence-corrected chi connectivity index (χ1v) is 29.3. The van der Waals surface area contributed by atoms with Gasteiger partial charge in [-0.1, -0.05) is 216 Å². The second-order valence-electron chi connectivity index (χ2n) is 27.1. The second-order valence-corrected chi connectivity index (χ2v) is 27.1. The molecule has 11 aromatic rings. The fraction of sp³-hybridized carbons (Fsp3) is 0.259. The normalized spacial score (nSPS) is 17.8. The first kappa shape index (κ1) is 41.2. The van der Waals surface area contributed by atoms with Crippen LogP contribution in [0.1, 0.15) is 161 Å². The van der Waals surface area contributed by atoms with Crippen LogP contribution in [0.5, 0.6) is 11.5 Å². The number of fused-ring (bicyclic) bond motifs is 5. The maximum absolute atomic E-state index is 10.5. The van der Waals surface area contributed by atoms with Crippen molar-refractivity contribution in [3.8, 4) is 61.8 Å². The van der Waals surface area contributed by atoms with Gasteiger partial charge in [0.25, 0.3) is 0 Å². The molecule has 13 rings (SSSR count). The third kappa shape index (κ3) is 11.0. The molecule has 0 radical (unpaired) electrons. The molecule has 442 valence electrons. The van der Waals surface area contributed by atoms with Crippen molar-refractivity contribution in [3.63, 3.8) is 0 Å². The van der Waals surface area contributed by atoms with Crippen molar-refractivity contribution in [1.29, 1.82) is 0 Å². The average molecular weight is 1340 g/mol. The number of nitrogens with zero attached hydrogens (tertiary/aromatic N) is 4. The summed E-state index contributed by atoms with van der Waals surface area (Å²) >= 11 is 0. The fourth-order valence-corrected chi connectivity index (χ4v) is 11.6. The summed E-state index contributed by atoms with van der Waals surface area (Å²) in [6, 6.07) is 30.3. The molecule has 0 spiro atoms. The minimum absolute atomic E-state index is 0. The van der Waals surface area contributed by atoms with E-state index in [2.05, 4.69) is 39.8 Å². The molecule has 5 nitrogen and oxygen atoms in total. The Morgan fingerprint density at radius 2 is 1.14 bits per heavy atom. The summed E-state index contributed by atoms with van der Waals surface area (Å²) in [5, 5.41) is 1.49. The molecule has 1 aliphatic carbocycles. The number of rotatable bonds is 9. The van der Waals surface area contributed by atoms with Crippen LogP contribution in [0.3, 0.4) is 0 Å². The number of aromatic nitrogens is 2. The Morgan fingerprint density at radius 1 is 0.540 bits per heavy atom. The Bertz CT molecular complexity index is 5390. The van der Waals surface area contributed by atoms with Gasteiger partial charge in [-0.15, -0.1) is 48.1 Å². The monoisotopic (exact) mass is 1340 g/mol. The minimum atomic E-state index is -2.84. The Kier molecular flexibility index (Phi) is 10.4. The smallest absolute Gasteiger partial charge is 0.135 e. The number of hydrogen-bond acceptors (Lipinski definition) is 4. The van der Waals surface area contributed by atoms with Crippen molar-refractivity contribution in [2.45, 2.75) is 137 Å². The molecule has 87 heavy (non-hydrogen) atoms. The first-order valence-electron chi connectivity index (χ1n) is 38.3. The van der Waals surface area contributed by atoms with E-state index in [4.69, 9.17) is 20.7 Å². The summed E-state index contributed by atoms with van der Waals surface area (Å²) in [5.41, 5.74) is 1.50. The Hall–Kier alpha value is -7.98. The molecule has 0 N–H and O–H groups in total. The van der Waals surface area contributed by atoms with Gasteiger partial charge in [0.15, 0.2) is 0 Å². The third-order valence-electron chi connectivity index (χ3n) is 16.7. The standard InChI is InChI=1S/C81H79N4O.Pt/c1-52-41-75(82-50-68(52)54-23-16-15-17-24-54)85-71-28-19-18-27-64(71)65-37-36-63(49-74(65)85)86-62-26-22-25-61(48-62)83-51-84(73-30-21-20-29-72(73)83)76-66(55-33-31-53(32-34-55)57-42-58(77(2,3)4)45-59(43-57)78(5,6)7)46-60(79(8,9)10)47-67(76)56-35-38-69-70(44-56)81(13,14)40-39-80(69,11)12;/h15-38,41-47,50-51H,39-40H2,1-14H3;/q-3;/i1D3,15D,16D,17D,23D,24D,31D,32D,33D,34D,35D,38D,42D,43D,44D,45D;. The van der Waals surface area contributed by atoms with Crippen LogP contribution < -0.4 is 14.5 Å². The molecular weight excluding hydrogens is 1240 g/mol. The molecule has 2 aromatic heterocycles. The molecule has 0 fully saturated rings. The zero-order chi connectivity index (χ0) is 75.8. The average Bonchev–Trinajstić information content (AvgIpc) is 0.965. The molecule has 0 unspecified atom stereocenters. The van der Waals surface area contributed by atoms with E-state index in [0.717, 1.165) is 11.8 Å². The topological polar surface area (TPSA) is 33.5 Å². The van der Waals surface area contributed by atoms with Crippen molar-refractivity contribution in [1.82, 2.24) is 9.55 Å². The molecule has 0 amide bonds. The van der Waals surface area contributed by atoms with E-state index in [-0.39, 0.29) is 125 Å². The van der Waals surface area contributed by atoms with Gasteiger partial charge in [-0.25, -0.2) is 4.98 Å². The zero-order valence-corrected chi connectivity index (χ0v) is 53.6. The Morgan fingerprint density at radius 3 is 1.82 bits per heavy atom. The van der Waals surface area contributed by atoms with Gasteiger partial charge in [-0.2, -0.15) is 12.1 Å². The molecule has 3 heterocycles. The number of para-hydroxylation sites is 3. The number of benzene rings is 9. The van der Waals surface area contributed by atoms with Crippen LogP contribution in [-0.2, 0) is 48.1 Å². The van der Waals surface area contributed by atoms with E-state index in [1.165, 1.54) is 12.3 Å². The first-order chi connectivity index (χ1) is 48.4. The van der Waals surface area contributed by atoms with Crippen molar-refractivity contribution in [2.24, 2.45) is 0 Å². The largest absolute Gasteiger partial charge is 0.509 e.